The van der Waals surface area contributed by atoms with Gasteiger partial charge in [-0.25, -0.2) is 13.8 Å². The molecule has 3 rings (SSSR count). The number of imidazole rings is 1. The molecule has 1 fully saturated rings. The summed E-state index contributed by atoms with van der Waals surface area (Å²) in [7, 11) is 0. The second-order valence-corrected chi connectivity index (χ2v) is 5.48. The van der Waals surface area contributed by atoms with Crippen molar-refractivity contribution in [2.45, 2.75) is 25.4 Å². The number of hydrogen-bond acceptors (Lipinski definition) is 2. The molecule has 3 nitrogen and oxygen atoms in total. The molecule has 6 heteroatoms. The Kier molecular flexibility index (Phi) is 3.26. The first-order valence-electron chi connectivity index (χ1n) is 6.04. The van der Waals surface area contributed by atoms with Crippen molar-refractivity contribution in [3.05, 3.63) is 46.5 Å². The van der Waals surface area contributed by atoms with Crippen molar-refractivity contribution >= 4 is 21.6 Å². The van der Waals surface area contributed by atoms with E-state index in [0.29, 0.717) is 12.6 Å². The van der Waals surface area contributed by atoms with Crippen LogP contribution in [0.4, 0.5) is 14.5 Å². The lowest BCUT2D eigenvalue weighted by atomic mass is 10.3. The van der Waals surface area contributed by atoms with E-state index in [4.69, 9.17) is 0 Å². The zero-order chi connectivity index (χ0) is 13.4. The summed E-state index contributed by atoms with van der Waals surface area (Å²) in [5.41, 5.74) is 1.28. The van der Waals surface area contributed by atoms with Gasteiger partial charge in [-0.1, -0.05) is 0 Å². The fourth-order valence-electron chi connectivity index (χ4n) is 1.99. The Labute approximate surface area is 117 Å². The molecule has 2 aromatic rings. The first kappa shape index (κ1) is 12.6. The van der Waals surface area contributed by atoms with E-state index < -0.39 is 11.6 Å². The number of benzene rings is 1. The quantitative estimate of drug-likeness (QED) is 0.864. The molecule has 1 heterocycles. The van der Waals surface area contributed by atoms with Gasteiger partial charge >= 0.3 is 0 Å². The predicted molar refractivity (Wildman–Crippen MR) is 71.9 cm³/mol. The highest BCUT2D eigenvalue weighted by Crippen LogP contribution is 2.35. The molecule has 1 aliphatic carbocycles. The molecular weight excluding hydrogens is 316 g/mol. The molecule has 0 saturated heterocycles. The van der Waals surface area contributed by atoms with Gasteiger partial charge in [-0.05, 0) is 34.8 Å². The highest BCUT2D eigenvalue weighted by atomic mass is 79.9. The molecule has 0 aliphatic heterocycles. The summed E-state index contributed by atoms with van der Waals surface area (Å²) in [5.74, 6) is -1.20. The Morgan fingerprint density at radius 2 is 2.11 bits per heavy atom. The summed E-state index contributed by atoms with van der Waals surface area (Å²) in [6.07, 6.45) is 5.90. The Hall–Kier alpha value is -1.43. The van der Waals surface area contributed by atoms with Crippen LogP contribution in [0, 0.1) is 11.6 Å². The highest BCUT2D eigenvalue weighted by molar-refractivity contribution is 9.10. The van der Waals surface area contributed by atoms with Crippen LogP contribution in [0.3, 0.4) is 0 Å². The highest BCUT2D eigenvalue weighted by Gasteiger charge is 2.25. The molecule has 1 aliphatic rings. The topological polar surface area (TPSA) is 29.9 Å². The predicted octanol–water partition coefficient (Wildman–Crippen LogP) is 3.87. The maximum absolute atomic E-state index is 13.6. The summed E-state index contributed by atoms with van der Waals surface area (Å²) in [6, 6.07) is 2.80. The Morgan fingerprint density at radius 3 is 2.84 bits per heavy atom. The van der Waals surface area contributed by atoms with E-state index in [-0.39, 0.29) is 10.2 Å². The van der Waals surface area contributed by atoms with E-state index in [2.05, 4.69) is 30.8 Å². The van der Waals surface area contributed by atoms with Crippen LogP contribution in [0.1, 0.15) is 24.6 Å². The van der Waals surface area contributed by atoms with E-state index in [1.165, 1.54) is 18.9 Å². The lowest BCUT2D eigenvalue weighted by Gasteiger charge is -2.10. The molecule has 19 heavy (non-hydrogen) atoms. The summed E-state index contributed by atoms with van der Waals surface area (Å²) in [4.78, 5) is 4.11. The Morgan fingerprint density at radius 1 is 1.32 bits per heavy atom. The number of hydrogen-bond donors (Lipinski definition) is 1. The third kappa shape index (κ3) is 2.63. The molecule has 1 aromatic heterocycles. The summed E-state index contributed by atoms with van der Waals surface area (Å²) < 4.78 is 29.1. The zero-order valence-corrected chi connectivity index (χ0v) is 11.6. The van der Waals surface area contributed by atoms with Gasteiger partial charge in [0.05, 0.1) is 28.7 Å². The van der Waals surface area contributed by atoms with Crippen molar-refractivity contribution in [3.8, 4) is 0 Å². The van der Waals surface area contributed by atoms with Gasteiger partial charge in [0, 0.05) is 18.3 Å². The second-order valence-electron chi connectivity index (χ2n) is 4.62. The standard InChI is InChI=1S/C13H12BrF2N3/c14-10-3-13(12(16)4-11(10)15)18-6-9-5-17-7-19(9)8-1-2-8/h3-5,7-8,18H,1-2,6H2. The number of nitrogens with zero attached hydrogens (tertiary/aromatic N) is 2. The summed E-state index contributed by atoms with van der Waals surface area (Å²) >= 11 is 3.05. The van der Waals surface area contributed by atoms with E-state index in [1.54, 1.807) is 12.5 Å². The third-order valence-corrected chi connectivity index (χ3v) is 3.76. The van der Waals surface area contributed by atoms with Crippen LogP contribution in [-0.2, 0) is 6.54 Å². The smallest absolute Gasteiger partial charge is 0.149 e. The van der Waals surface area contributed by atoms with E-state index in [1.807, 2.05) is 0 Å². The lowest BCUT2D eigenvalue weighted by molar-refractivity contribution is 0.580. The van der Waals surface area contributed by atoms with E-state index >= 15 is 0 Å². The molecule has 1 N–H and O–H groups in total. The van der Waals surface area contributed by atoms with Crippen molar-refractivity contribution in [3.63, 3.8) is 0 Å². The van der Waals surface area contributed by atoms with Crippen LogP contribution in [-0.4, -0.2) is 9.55 Å². The van der Waals surface area contributed by atoms with Gasteiger partial charge in [0.15, 0.2) is 0 Å². The number of halogens is 3. The van der Waals surface area contributed by atoms with Gasteiger partial charge in [-0.2, -0.15) is 0 Å². The van der Waals surface area contributed by atoms with Gasteiger partial charge in [-0.3, -0.25) is 0 Å². The molecule has 0 unspecified atom stereocenters. The lowest BCUT2D eigenvalue weighted by Crippen LogP contribution is -2.07. The van der Waals surface area contributed by atoms with Gasteiger partial charge < -0.3 is 9.88 Å². The Bertz CT molecular complexity index is 608. The summed E-state index contributed by atoms with van der Waals surface area (Å²) in [6.45, 7) is 0.464. The van der Waals surface area contributed by atoms with Gasteiger partial charge in [0.1, 0.15) is 11.6 Å². The van der Waals surface area contributed by atoms with Gasteiger partial charge in [0.2, 0.25) is 0 Å². The van der Waals surface area contributed by atoms with Crippen molar-refractivity contribution in [1.29, 1.82) is 0 Å². The maximum atomic E-state index is 13.6. The van der Waals surface area contributed by atoms with Crippen molar-refractivity contribution in [2.75, 3.05) is 5.32 Å². The first-order chi connectivity index (χ1) is 9.15. The number of aromatic nitrogens is 2. The maximum Gasteiger partial charge on any atom is 0.149 e. The van der Waals surface area contributed by atoms with E-state index in [0.717, 1.165) is 11.8 Å². The molecular formula is C13H12BrF2N3. The largest absolute Gasteiger partial charge is 0.377 e. The second kappa shape index (κ2) is 4.92. The van der Waals surface area contributed by atoms with Crippen LogP contribution in [0.5, 0.6) is 0 Å². The molecule has 1 aromatic carbocycles. The average Bonchev–Trinajstić information content (AvgIpc) is 3.12. The normalized spacial score (nSPS) is 14.7. The van der Waals surface area contributed by atoms with Crippen LogP contribution < -0.4 is 5.32 Å². The van der Waals surface area contributed by atoms with Crippen molar-refractivity contribution < 1.29 is 8.78 Å². The summed E-state index contributed by atoms with van der Waals surface area (Å²) in [5, 5.41) is 2.97. The monoisotopic (exact) mass is 327 g/mol. The van der Waals surface area contributed by atoms with Crippen LogP contribution in [0.2, 0.25) is 0 Å². The number of nitrogens with one attached hydrogen (secondary N) is 1. The van der Waals surface area contributed by atoms with Gasteiger partial charge in [0.25, 0.3) is 0 Å². The molecule has 0 radical (unpaired) electrons. The molecule has 0 bridgehead atoms. The first-order valence-corrected chi connectivity index (χ1v) is 6.83. The molecule has 0 amide bonds. The van der Waals surface area contributed by atoms with Crippen molar-refractivity contribution in [2.24, 2.45) is 0 Å². The minimum absolute atomic E-state index is 0.243. The van der Waals surface area contributed by atoms with Crippen LogP contribution in [0.15, 0.2) is 29.1 Å². The fourth-order valence-corrected chi connectivity index (χ4v) is 2.34. The molecule has 0 spiro atoms. The minimum atomic E-state index is -0.605. The number of rotatable bonds is 4. The third-order valence-electron chi connectivity index (χ3n) is 3.16. The Balaban J connectivity index is 1.75. The SMILES string of the molecule is Fc1cc(F)c(NCc2cncn2C2CC2)cc1Br. The zero-order valence-electron chi connectivity index (χ0n) is 10.0. The van der Waals surface area contributed by atoms with Crippen LogP contribution >= 0.6 is 15.9 Å². The fraction of sp³-hybridized carbons (Fsp3) is 0.308. The molecule has 1 saturated carbocycles. The van der Waals surface area contributed by atoms with Gasteiger partial charge in [-0.15, -0.1) is 0 Å². The average molecular weight is 328 g/mol. The van der Waals surface area contributed by atoms with Crippen LogP contribution in [0.25, 0.3) is 0 Å². The molecule has 100 valence electrons. The van der Waals surface area contributed by atoms with Crippen molar-refractivity contribution in [1.82, 2.24) is 9.55 Å². The minimum Gasteiger partial charge on any atom is -0.377 e. The molecule has 0 atom stereocenters. The van der Waals surface area contributed by atoms with E-state index in [9.17, 15) is 8.78 Å². The number of anilines is 1.